The van der Waals surface area contributed by atoms with Gasteiger partial charge >= 0.3 is 5.97 Å². The second-order valence-electron chi connectivity index (χ2n) is 4.59. The molecule has 0 unspecified atom stereocenters. The normalized spacial score (nSPS) is 13.6. The van der Waals surface area contributed by atoms with Gasteiger partial charge in [0.2, 0.25) is 5.91 Å². The standard InChI is InChI=1S/C14H20N2O3/c1-3-10(2)13(14(18)19)16-12(17)8-7-11-6-4-5-9-15-11/h4-6,9-10,13H,3,7-8H2,1-2H3,(H,16,17)(H,18,19)/t10-,13-/m0/s1. The lowest BCUT2D eigenvalue weighted by Crippen LogP contribution is -2.45. The Balaban J connectivity index is 2.47. The topological polar surface area (TPSA) is 79.3 Å². The van der Waals surface area contributed by atoms with E-state index in [9.17, 15) is 9.59 Å². The molecule has 104 valence electrons. The fourth-order valence-electron chi connectivity index (χ4n) is 1.72. The van der Waals surface area contributed by atoms with Crippen molar-refractivity contribution in [3.63, 3.8) is 0 Å². The minimum absolute atomic E-state index is 0.0868. The summed E-state index contributed by atoms with van der Waals surface area (Å²) < 4.78 is 0. The van der Waals surface area contributed by atoms with Crippen LogP contribution in [0, 0.1) is 5.92 Å². The fourth-order valence-corrected chi connectivity index (χ4v) is 1.72. The fraction of sp³-hybridized carbons (Fsp3) is 0.500. The predicted molar refractivity (Wildman–Crippen MR) is 71.6 cm³/mol. The average Bonchev–Trinajstić information content (AvgIpc) is 2.42. The average molecular weight is 264 g/mol. The Hall–Kier alpha value is -1.91. The Morgan fingerprint density at radius 3 is 2.68 bits per heavy atom. The van der Waals surface area contributed by atoms with Crippen LogP contribution in [0.15, 0.2) is 24.4 Å². The Morgan fingerprint density at radius 1 is 1.42 bits per heavy atom. The number of aliphatic carboxylic acids is 1. The molecule has 1 amide bonds. The summed E-state index contributed by atoms with van der Waals surface area (Å²) in [6, 6.07) is 4.70. The first kappa shape index (κ1) is 15.1. The van der Waals surface area contributed by atoms with E-state index in [1.807, 2.05) is 32.0 Å². The Morgan fingerprint density at radius 2 is 2.16 bits per heavy atom. The summed E-state index contributed by atoms with van der Waals surface area (Å²) in [7, 11) is 0. The minimum Gasteiger partial charge on any atom is -0.480 e. The molecule has 1 aromatic heterocycles. The highest BCUT2D eigenvalue weighted by atomic mass is 16.4. The zero-order valence-electron chi connectivity index (χ0n) is 11.3. The number of carbonyl (C=O) groups is 2. The summed E-state index contributed by atoms with van der Waals surface area (Å²) in [6.45, 7) is 3.72. The van der Waals surface area contributed by atoms with Crippen LogP contribution in [0.25, 0.3) is 0 Å². The molecule has 1 heterocycles. The van der Waals surface area contributed by atoms with Crippen molar-refractivity contribution in [2.24, 2.45) is 5.92 Å². The van der Waals surface area contributed by atoms with E-state index in [2.05, 4.69) is 10.3 Å². The lowest BCUT2D eigenvalue weighted by atomic mass is 9.99. The van der Waals surface area contributed by atoms with Gasteiger partial charge in [-0.3, -0.25) is 9.78 Å². The molecular weight excluding hydrogens is 244 g/mol. The maximum Gasteiger partial charge on any atom is 0.326 e. The summed E-state index contributed by atoms with van der Waals surface area (Å²) in [5.41, 5.74) is 0.827. The number of nitrogens with zero attached hydrogens (tertiary/aromatic N) is 1. The summed E-state index contributed by atoms with van der Waals surface area (Å²) >= 11 is 0. The van der Waals surface area contributed by atoms with E-state index in [-0.39, 0.29) is 18.2 Å². The number of carboxylic acids is 1. The van der Waals surface area contributed by atoms with Gasteiger partial charge in [-0.05, 0) is 24.5 Å². The van der Waals surface area contributed by atoms with Crippen LogP contribution in [-0.2, 0) is 16.0 Å². The van der Waals surface area contributed by atoms with Gasteiger partial charge in [-0.1, -0.05) is 26.3 Å². The number of rotatable bonds is 7. The quantitative estimate of drug-likeness (QED) is 0.784. The van der Waals surface area contributed by atoms with Crippen molar-refractivity contribution < 1.29 is 14.7 Å². The molecule has 0 bridgehead atoms. The number of aryl methyl sites for hydroxylation is 1. The summed E-state index contributed by atoms with van der Waals surface area (Å²) in [5, 5.41) is 11.7. The number of amides is 1. The van der Waals surface area contributed by atoms with E-state index >= 15 is 0 Å². The second-order valence-corrected chi connectivity index (χ2v) is 4.59. The number of aromatic nitrogens is 1. The monoisotopic (exact) mass is 264 g/mol. The first-order valence-electron chi connectivity index (χ1n) is 6.46. The Labute approximate surface area is 113 Å². The van der Waals surface area contributed by atoms with Gasteiger partial charge in [0.25, 0.3) is 0 Å². The highest BCUT2D eigenvalue weighted by Crippen LogP contribution is 2.08. The van der Waals surface area contributed by atoms with Gasteiger partial charge in [-0.2, -0.15) is 0 Å². The molecule has 19 heavy (non-hydrogen) atoms. The molecule has 0 aromatic carbocycles. The molecule has 0 radical (unpaired) electrons. The van der Waals surface area contributed by atoms with E-state index in [0.29, 0.717) is 12.8 Å². The van der Waals surface area contributed by atoms with Crippen molar-refractivity contribution in [2.75, 3.05) is 0 Å². The third-order valence-corrected chi connectivity index (χ3v) is 3.13. The largest absolute Gasteiger partial charge is 0.480 e. The predicted octanol–water partition coefficient (Wildman–Crippen LogP) is 1.63. The second kappa shape index (κ2) is 7.51. The smallest absolute Gasteiger partial charge is 0.326 e. The third-order valence-electron chi connectivity index (χ3n) is 3.13. The molecule has 0 saturated heterocycles. The van der Waals surface area contributed by atoms with Crippen LogP contribution < -0.4 is 5.32 Å². The Kier molecular flexibility index (Phi) is 5.99. The minimum atomic E-state index is -0.986. The maximum absolute atomic E-state index is 11.7. The van der Waals surface area contributed by atoms with Gasteiger partial charge in [0, 0.05) is 18.3 Å². The molecule has 0 aliphatic carbocycles. The van der Waals surface area contributed by atoms with Crippen LogP contribution in [0.2, 0.25) is 0 Å². The number of nitrogens with one attached hydrogen (secondary N) is 1. The molecule has 0 fully saturated rings. The van der Waals surface area contributed by atoms with Crippen LogP contribution in [0.4, 0.5) is 0 Å². The number of hydrogen-bond acceptors (Lipinski definition) is 3. The summed E-state index contributed by atoms with van der Waals surface area (Å²) in [5.74, 6) is -1.32. The van der Waals surface area contributed by atoms with Gasteiger partial charge in [0.1, 0.15) is 6.04 Å². The molecule has 0 saturated carbocycles. The number of hydrogen-bond donors (Lipinski definition) is 2. The van der Waals surface area contributed by atoms with Crippen molar-refractivity contribution in [1.82, 2.24) is 10.3 Å². The van der Waals surface area contributed by atoms with Crippen molar-refractivity contribution in [2.45, 2.75) is 39.2 Å². The lowest BCUT2D eigenvalue weighted by molar-refractivity contribution is -0.143. The van der Waals surface area contributed by atoms with Crippen molar-refractivity contribution in [3.8, 4) is 0 Å². The molecule has 2 N–H and O–H groups in total. The highest BCUT2D eigenvalue weighted by Gasteiger charge is 2.24. The highest BCUT2D eigenvalue weighted by molar-refractivity contribution is 5.83. The molecule has 5 nitrogen and oxygen atoms in total. The third kappa shape index (κ3) is 5.07. The maximum atomic E-state index is 11.7. The van der Waals surface area contributed by atoms with Crippen molar-refractivity contribution in [3.05, 3.63) is 30.1 Å². The molecule has 1 aromatic rings. The number of pyridine rings is 1. The van der Waals surface area contributed by atoms with Crippen LogP contribution in [0.5, 0.6) is 0 Å². The first-order valence-corrected chi connectivity index (χ1v) is 6.46. The SMILES string of the molecule is CC[C@H](C)[C@H](NC(=O)CCc1ccccn1)C(=O)O. The zero-order chi connectivity index (χ0) is 14.3. The molecule has 5 heteroatoms. The number of carboxylic acid groups (broad SMARTS) is 1. The number of carbonyl (C=O) groups excluding carboxylic acids is 1. The molecule has 0 aliphatic rings. The summed E-state index contributed by atoms with van der Waals surface area (Å²) in [4.78, 5) is 27.0. The van der Waals surface area contributed by atoms with E-state index in [1.165, 1.54) is 0 Å². The molecular formula is C14H20N2O3. The zero-order valence-corrected chi connectivity index (χ0v) is 11.3. The van der Waals surface area contributed by atoms with Gasteiger partial charge < -0.3 is 10.4 Å². The van der Waals surface area contributed by atoms with Crippen LogP contribution in [-0.4, -0.2) is 28.0 Å². The molecule has 0 aliphatic heterocycles. The van der Waals surface area contributed by atoms with E-state index in [1.54, 1.807) is 6.20 Å². The van der Waals surface area contributed by atoms with Gasteiger partial charge in [-0.25, -0.2) is 4.79 Å². The van der Waals surface area contributed by atoms with Crippen LogP contribution >= 0.6 is 0 Å². The van der Waals surface area contributed by atoms with E-state index < -0.39 is 12.0 Å². The lowest BCUT2D eigenvalue weighted by Gasteiger charge is -2.20. The van der Waals surface area contributed by atoms with Crippen LogP contribution in [0.1, 0.15) is 32.4 Å². The van der Waals surface area contributed by atoms with E-state index in [0.717, 1.165) is 5.69 Å². The van der Waals surface area contributed by atoms with Crippen molar-refractivity contribution in [1.29, 1.82) is 0 Å². The Bertz CT molecular complexity index is 420. The molecule has 2 atom stereocenters. The van der Waals surface area contributed by atoms with Crippen molar-refractivity contribution >= 4 is 11.9 Å². The molecule has 1 rings (SSSR count). The summed E-state index contributed by atoms with van der Waals surface area (Å²) in [6.07, 6.45) is 3.14. The van der Waals surface area contributed by atoms with Crippen LogP contribution in [0.3, 0.4) is 0 Å². The van der Waals surface area contributed by atoms with Gasteiger partial charge in [0.05, 0.1) is 0 Å². The first-order chi connectivity index (χ1) is 9.04. The van der Waals surface area contributed by atoms with Gasteiger partial charge in [-0.15, -0.1) is 0 Å². The van der Waals surface area contributed by atoms with Gasteiger partial charge in [0.15, 0.2) is 0 Å². The molecule has 0 spiro atoms. The van der Waals surface area contributed by atoms with E-state index in [4.69, 9.17) is 5.11 Å².